The lowest BCUT2D eigenvalue weighted by Gasteiger charge is -2.43. The van der Waals surface area contributed by atoms with Crippen LogP contribution in [0.4, 0.5) is 0 Å². The van der Waals surface area contributed by atoms with Gasteiger partial charge >= 0.3 is 0 Å². The zero-order valence-electron chi connectivity index (χ0n) is 12.0. The molecule has 2 aliphatic heterocycles. The number of benzene rings is 1. The second-order valence-electron chi connectivity index (χ2n) is 5.84. The maximum Gasteiger partial charge on any atom is 0.160 e. The monoisotopic (exact) mass is 278 g/mol. The van der Waals surface area contributed by atoms with E-state index in [2.05, 4.69) is 19.1 Å². The fraction of sp³-hybridized carbons (Fsp3) is 0.625. The van der Waals surface area contributed by atoms with E-state index < -0.39 is 6.29 Å². The number of hydrogen-bond donors (Lipinski definition) is 1. The predicted molar refractivity (Wildman–Crippen MR) is 73.9 cm³/mol. The van der Waals surface area contributed by atoms with Crippen molar-refractivity contribution >= 4 is 0 Å². The van der Waals surface area contributed by atoms with E-state index >= 15 is 0 Å². The minimum Gasteiger partial charge on any atom is -0.374 e. The summed E-state index contributed by atoms with van der Waals surface area (Å²) in [6, 6.07) is 8.17. The molecule has 3 rings (SSSR count). The van der Waals surface area contributed by atoms with Crippen LogP contribution in [-0.4, -0.2) is 30.2 Å². The Hall–Kier alpha value is -0.940. The van der Waals surface area contributed by atoms with Crippen LogP contribution in [0.15, 0.2) is 24.3 Å². The zero-order chi connectivity index (χ0) is 14.1. The first-order chi connectivity index (χ1) is 9.66. The Morgan fingerprint density at radius 1 is 1.05 bits per heavy atom. The molecule has 1 aromatic carbocycles. The van der Waals surface area contributed by atoms with Gasteiger partial charge in [-0.1, -0.05) is 38.1 Å². The van der Waals surface area contributed by atoms with Crippen LogP contribution in [0.2, 0.25) is 0 Å². The largest absolute Gasteiger partial charge is 0.374 e. The summed E-state index contributed by atoms with van der Waals surface area (Å²) in [5.41, 5.74) is 2.32. The van der Waals surface area contributed by atoms with E-state index in [4.69, 9.17) is 14.2 Å². The van der Waals surface area contributed by atoms with E-state index in [9.17, 15) is 5.11 Å². The molecule has 2 aliphatic rings. The molecule has 1 N–H and O–H groups in total. The van der Waals surface area contributed by atoms with Gasteiger partial charge in [-0.15, -0.1) is 0 Å². The number of hydrogen-bond acceptors (Lipinski definition) is 4. The second-order valence-corrected chi connectivity index (χ2v) is 5.84. The lowest BCUT2D eigenvalue weighted by atomic mass is 9.85. The highest BCUT2D eigenvalue weighted by atomic mass is 16.6. The van der Waals surface area contributed by atoms with Gasteiger partial charge < -0.3 is 19.3 Å². The highest BCUT2D eigenvalue weighted by molar-refractivity contribution is 5.26. The number of aliphatic hydroxyl groups excluding tert-OH is 1. The van der Waals surface area contributed by atoms with Gasteiger partial charge in [0.25, 0.3) is 0 Å². The fourth-order valence-electron chi connectivity index (χ4n) is 3.08. The molecule has 20 heavy (non-hydrogen) atoms. The molecule has 110 valence electrons. The van der Waals surface area contributed by atoms with Gasteiger partial charge in [0.15, 0.2) is 6.29 Å². The molecule has 1 fully saturated rings. The Kier molecular flexibility index (Phi) is 4.08. The van der Waals surface area contributed by atoms with E-state index in [0.29, 0.717) is 19.8 Å². The molecule has 4 heteroatoms. The van der Waals surface area contributed by atoms with Crippen molar-refractivity contribution in [3.8, 4) is 0 Å². The van der Waals surface area contributed by atoms with Crippen LogP contribution in [0.25, 0.3) is 0 Å². The normalized spacial score (nSPS) is 38.0. The molecule has 2 heterocycles. The van der Waals surface area contributed by atoms with Crippen LogP contribution < -0.4 is 0 Å². The number of ether oxygens (including phenoxy) is 3. The lowest BCUT2D eigenvalue weighted by molar-refractivity contribution is -0.262. The molecule has 0 aliphatic carbocycles. The number of aliphatic hydroxyl groups is 1. The second kappa shape index (κ2) is 5.82. The molecule has 3 unspecified atom stereocenters. The SMILES string of the molecule is C[C@@H]1C(O)OC2COCc3ccccc3COC1[C@H]2C. The quantitative estimate of drug-likeness (QED) is 0.789. The topological polar surface area (TPSA) is 47.9 Å². The third-order valence-corrected chi connectivity index (χ3v) is 4.48. The standard InChI is InChI=1S/C16H22O4/c1-10-14-9-18-7-12-5-3-4-6-13(12)8-19-15(10)11(2)16(17)20-14/h3-6,10-11,14-17H,7-9H2,1-2H3/t10-,11-,14?,15?,16?/m0/s1. The Labute approximate surface area is 119 Å². The van der Waals surface area contributed by atoms with Crippen molar-refractivity contribution in [1.82, 2.24) is 0 Å². The third kappa shape index (κ3) is 2.61. The van der Waals surface area contributed by atoms with Crippen LogP contribution in [0.1, 0.15) is 25.0 Å². The van der Waals surface area contributed by atoms with Gasteiger partial charge in [0.1, 0.15) is 0 Å². The minimum absolute atomic E-state index is 0.0153. The molecule has 0 amide bonds. The van der Waals surface area contributed by atoms with Crippen molar-refractivity contribution in [1.29, 1.82) is 0 Å². The molecule has 1 aromatic rings. The van der Waals surface area contributed by atoms with E-state index in [-0.39, 0.29) is 24.0 Å². The Bertz CT molecular complexity index is 462. The minimum atomic E-state index is -0.778. The van der Waals surface area contributed by atoms with Crippen LogP contribution in [0.5, 0.6) is 0 Å². The molecule has 0 saturated carbocycles. The average Bonchev–Trinajstić information content (AvgIpc) is 2.45. The van der Waals surface area contributed by atoms with Crippen LogP contribution in [0.3, 0.4) is 0 Å². The molecule has 4 nitrogen and oxygen atoms in total. The van der Waals surface area contributed by atoms with Crippen molar-refractivity contribution in [2.75, 3.05) is 6.61 Å². The molecule has 0 aromatic heterocycles. The Balaban J connectivity index is 1.86. The third-order valence-electron chi connectivity index (χ3n) is 4.48. The van der Waals surface area contributed by atoms with Gasteiger partial charge in [0.05, 0.1) is 32.0 Å². The van der Waals surface area contributed by atoms with Crippen LogP contribution in [0, 0.1) is 11.8 Å². The van der Waals surface area contributed by atoms with Crippen LogP contribution >= 0.6 is 0 Å². The van der Waals surface area contributed by atoms with E-state index in [1.807, 2.05) is 19.1 Å². The van der Waals surface area contributed by atoms with E-state index in [0.717, 1.165) is 11.1 Å². The van der Waals surface area contributed by atoms with Crippen molar-refractivity contribution in [2.45, 2.75) is 45.6 Å². The van der Waals surface area contributed by atoms with Gasteiger partial charge in [0, 0.05) is 11.8 Å². The van der Waals surface area contributed by atoms with E-state index in [1.165, 1.54) is 0 Å². The molecule has 0 spiro atoms. The molecule has 5 atom stereocenters. The van der Waals surface area contributed by atoms with Crippen molar-refractivity contribution in [2.24, 2.45) is 11.8 Å². The van der Waals surface area contributed by atoms with E-state index in [1.54, 1.807) is 0 Å². The highest BCUT2D eigenvalue weighted by Crippen LogP contribution is 2.33. The smallest absolute Gasteiger partial charge is 0.160 e. The molecular formula is C16H22O4. The van der Waals surface area contributed by atoms with Gasteiger partial charge in [-0.2, -0.15) is 0 Å². The summed E-state index contributed by atoms with van der Waals surface area (Å²) in [5.74, 6) is 0.173. The first-order valence-corrected chi connectivity index (χ1v) is 7.26. The summed E-state index contributed by atoms with van der Waals surface area (Å²) < 4.78 is 17.6. The molecule has 1 saturated heterocycles. The first-order valence-electron chi connectivity index (χ1n) is 7.26. The first kappa shape index (κ1) is 14.0. The fourth-order valence-corrected chi connectivity index (χ4v) is 3.08. The van der Waals surface area contributed by atoms with Crippen molar-refractivity contribution in [3.05, 3.63) is 35.4 Å². The Morgan fingerprint density at radius 2 is 1.75 bits per heavy atom. The molecule has 0 radical (unpaired) electrons. The maximum atomic E-state index is 10.0. The summed E-state index contributed by atoms with van der Waals surface area (Å²) in [5, 5.41) is 10.0. The summed E-state index contributed by atoms with van der Waals surface area (Å²) in [6.07, 6.45) is -0.908. The summed E-state index contributed by atoms with van der Waals surface area (Å²) in [6.45, 7) is 5.68. The van der Waals surface area contributed by atoms with Gasteiger partial charge in [0.2, 0.25) is 0 Å². The summed E-state index contributed by atoms with van der Waals surface area (Å²) in [4.78, 5) is 0. The van der Waals surface area contributed by atoms with Crippen LogP contribution in [-0.2, 0) is 27.4 Å². The number of fused-ring (bicyclic) bond motifs is 3. The number of rotatable bonds is 0. The van der Waals surface area contributed by atoms with Crippen molar-refractivity contribution < 1.29 is 19.3 Å². The Morgan fingerprint density at radius 3 is 2.50 bits per heavy atom. The van der Waals surface area contributed by atoms with Gasteiger partial charge in [-0.3, -0.25) is 0 Å². The highest BCUT2D eigenvalue weighted by Gasteiger charge is 2.41. The average molecular weight is 278 g/mol. The molecule has 2 bridgehead atoms. The zero-order valence-corrected chi connectivity index (χ0v) is 12.0. The summed E-state index contributed by atoms with van der Waals surface area (Å²) >= 11 is 0. The van der Waals surface area contributed by atoms with Crippen molar-refractivity contribution in [3.63, 3.8) is 0 Å². The molecular weight excluding hydrogens is 256 g/mol. The predicted octanol–water partition coefficient (Wildman–Crippen LogP) is 2.09. The maximum absolute atomic E-state index is 10.0. The van der Waals surface area contributed by atoms with Gasteiger partial charge in [-0.05, 0) is 11.1 Å². The lowest BCUT2D eigenvalue weighted by Crippen LogP contribution is -2.51. The summed E-state index contributed by atoms with van der Waals surface area (Å²) in [7, 11) is 0. The van der Waals surface area contributed by atoms with Gasteiger partial charge in [-0.25, -0.2) is 0 Å².